The van der Waals surface area contributed by atoms with Crippen LogP contribution in [-0.2, 0) is 23.1 Å². The number of methoxy groups -OCH3 is 1. The summed E-state index contributed by atoms with van der Waals surface area (Å²) in [6.45, 7) is 4.71. The minimum Gasteiger partial charge on any atom is -0.468 e. The minimum atomic E-state index is -0.264. The Morgan fingerprint density at radius 1 is 1.65 bits per heavy atom. The molecule has 0 aliphatic carbocycles. The molecule has 0 aliphatic heterocycles. The first-order valence-electron chi connectivity index (χ1n) is 5.88. The highest BCUT2D eigenvalue weighted by Gasteiger charge is 2.24. The summed E-state index contributed by atoms with van der Waals surface area (Å²) in [5.41, 5.74) is 1.04. The summed E-state index contributed by atoms with van der Waals surface area (Å²) in [5.74, 6) is 0.0391. The molecule has 5 nitrogen and oxygen atoms in total. The molecular formula is C12H21N3O2. The van der Waals surface area contributed by atoms with Crippen LogP contribution in [0.1, 0.15) is 26.0 Å². The van der Waals surface area contributed by atoms with Crippen molar-refractivity contribution in [3.63, 3.8) is 0 Å². The number of carbonyl (C=O) groups excluding carboxylic acids is 1. The maximum absolute atomic E-state index is 11.6. The van der Waals surface area contributed by atoms with E-state index in [0.29, 0.717) is 6.54 Å². The van der Waals surface area contributed by atoms with Crippen molar-refractivity contribution in [3.8, 4) is 0 Å². The summed E-state index contributed by atoms with van der Waals surface area (Å²) in [4.78, 5) is 11.6. The Balaban J connectivity index is 2.61. The van der Waals surface area contributed by atoms with Crippen LogP contribution < -0.4 is 5.32 Å². The third-order valence-electron chi connectivity index (χ3n) is 3.09. The number of nitrogens with one attached hydrogen (secondary N) is 1. The number of carbonyl (C=O) groups is 1. The molecule has 1 aromatic heterocycles. The number of nitrogens with zero attached hydrogens (tertiary/aromatic N) is 2. The van der Waals surface area contributed by atoms with Crippen molar-refractivity contribution in [3.05, 3.63) is 18.0 Å². The van der Waals surface area contributed by atoms with E-state index in [9.17, 15) is 4.79 Å². The van der Waals surface area contributed by atoms with Crippen molar-refractivity contribution in [1.82, 2.24) is 15.1 Å². The first-order chi connectivity index (χ1) is 8.10. The van der Waals surface area contributed by atoms with Gasteiger partial charge in [-0.05, 0) is 12.0 Å². The highest BCUT2D eigenvalue weighted by atomic mass is 16.5. The van der Waals surface area contributed by atoms with E-state index in [4.69, 9.17) is 4.74 Å². The average Bonchev–Trinajstić information content (AvgIpc) is 2.74. The molecule has 17 heavy (non-hydrogen) atoms. The molecule has 1 heterocycles. The predicted octanol–water partition coefficient (Wildman–Crippen LogP) is 1.10. The van der Waals surface area contributed by atoms with Gasteiger partial charge in [-0.25, -0.2) is 0 Å². The molecule has 2 atom stereocenters. The van der Waals surface area contributed by atoms with Crippen molar-refractivity contribution in [1.29, 1.82) is 0 Å². The van der Waals surface area contributed by atoms with Gasteiger partial charge in [-0.2, -0.15) is 5.10 Å². The molecular weight excluding hydrogens is 218 g/mol. The number of aryl methyl sites for hydroxylation is 1. The smallest absolute Gasteiger partial charge is 0.323 e. The molecule has 1 N–H and O–H groups in total. The van der Waals surface area contributed by atoms with Crippen molar-refractivity contribution in [2.24, 2.45) is 13.0 Å². The van der Waals surface area contributed by atoms with Gasteiger partial charge in [0.05, 0.1) is 12.8 Å². The number of hydrogen-bond donors (Lipinski definition) is 1. The van der Waals surface area contributed by atoms with Crippen LogP contribution in [0.2, 0.25) is 0 Å². The molecule has 2 unspecified atom stereocenters. The Bertz CT molecular complexity index is 362. The normalized spacial score (nSPS) is 14.4. The molecule has 96 valence electrons. The lowest BCUT2D eigenvalue weighted by atomic mass is 9.99. The summed E-state index contributed by atoms with van der Waals surface area (Å²) in [7, 11) is 3.30. The van der Waals surface area contributed by atoms with Crippen LogP contribution >= 0.6 is 0 Å². The van der Waals surface area contributed by atoms with Gasteiger partial charge in [-0.15, -0.1) is 0 Å². The fraction of sp³-hybridized carbons (Fsp3) is 0.667. The van der Waals surface area contributed by atoms with Crippen LogP contribution in [0.15, 0.2) is 12.3 Å². The van der Waals surface area contributed by atoms with E-state index in [1.165, 1.54) is 7.11 Å². The Kier molecular flexibility index (Phi) is 5.15. The van der Waals surface area contributed by atoms with Gasteiger partial charge >= 0.3 is 5.97 Å². The zero-order valence-corrected chi connectivity index (χ0v) is 10.9. The molecule has 1 rings (SSSR count). The van der Waals surface area contributed by atoms with E-state index < -0.39 is 0 Å². The number of aromatic nitrogens is 2. The van der Waals surface area contributed by atoms with E-state index in [1.807, 2.05) is 20.0 Å². The lowest BCUT2D eigenvalue weighted by Crippen LogP contribution is -2.42. The van der Waals surface area contributed by atoms with Crippen molar-refractivity contribution >= 4 is 5.97 Å². The van der Waals surface area contributed by atoms with Crippen molar-refractivity contribution in [2.45, 2.75) is 32.9 Å². The van der Waals surface area contributed by atoms with Crippen LogP contribution in [0.3, 0.4) is 0 Å². The van der Waals surface area contributed by atoms with Gasteiger partial charge in [-0.3, -0.25) is 14.8 Å². The van der Waals surface area contributed by atoms with Gasteiger partial charge in [-0.1, -0.05) is 20.3 Å². The van der Waals surface area contributed by atoms with Gasteiger partial charge in [0.2, 0.25) is 0 Å². The summed E-state index contributed by atoms with van der Waals surface area (Å²) < 4.78 is 6.60. The molecule has 0 spiro atoms. The lowest BCUT2D eigenvalue weighted by molar-refractivity contribution is -0.144. The lowest BCUT2D eigenvalue weighted by Gasteiger charge is -2.21. The molecule has 0 saturated heterocycles. The Morgan fingerprint density at radius 2 is 2.35 bits per heavy atom. The third kappa shape index (κ3) is 3.56. The maximum atomic E-state index is 11.6. The second-order valence-corrected chi connectivity index (χ2v) is 4.21. The van der Waals surface area contributed by atoms with Gasteiger partial charge in [0.25, 0.3) is 0 Å². The second kappa shape index (κ2) is 6.39. The van der Waals surface area contributed by atoms with E-state index >= 15 is 0 Å². The standard InChI is InChI=1S/C12H21N3O2/c1-5-9(2)11(12(16)17-4)13-8-10-6-7-14-15(10)3/h6-7,9,11,13H,5,8H2,1-4H3. The molecule has 0 fully saturated rings. The SMILES string of the molecule is CCC(C)C(NCc1ccnn1C)C(=O)OC. The van der Waals surface area contributed by atoms with E-state index in [1.54, 1.807) is 10.9 Å². The largest absolute Gasteiger partial charge is 0.468 e. The van der Waals surface area contributed by atoms with Gasteiger partial charge in [0.15, 0.2) is 0 Å². The molecule has 5 heteroatoms. The fourth-order valence-corrected chi connectivity index (χ4v) is 1.67. The highest BCUT2D eigenvalue weighted by Crippen LogP contribution is 2.10. The third-order valence-corrected chi connectivity index (χ3v) is 3.09. The Morgan fingerprint density at radius 3 is 2.82 bits per heavy atom. The molecule has 0 saturated carbocycles. The number of esters is 1. The molecule has 0 radical (unpaired) electrons. The number of hydrogen-bond acceptors (Lipinski definition) is 4. The molecule has 1 aromatic rings. The summed E-state index contributed by atoms with van der Waals surface area (Å²) in [6.07, 6.45) is 2.67. The van der Waals surface area contributed by atoms with E-state index in [-0.39, 0.29) is 17.9 Å². The first kappa shape index (κ1) is 13.7. The predicted molar refractivity (Wildman–Crippen MR) is 65.3 cm³/mol. The number of rotatable bonds is 6. The van der Waals surface area contributed by atoms with E-state index in [0.717, 1.165) is 12.1 Å². The van der Waals surface area contributed by atoms with Crippen molar-refractivity contribution < 1.29 is 9.53 Å². The van der Waals surface area contributed by atoms with Gasteiger partial charge < -0.3 is 4.74 Å². The van der Waals surface area contributed by atoms with Gasteiger partial charge in [0.1, 0.15) is 6.04 Å². The quantitative estimate of drug-likeness (QED) is 0.755. The second-order valence-electron chi connectivity index (χ2n) is 4.21. The van der Waals surface area contributed by atoms with Crippen LogP contribution in [0, 0.1) is 5.92 Å². The zero-order valence-electron chi connectivity index (χ0n) is 10.9. The highest BCUT2D eigenvalue weighted by molar-refractivity contribution is 5.75. The molecule has 0 aliphatic rings. The molecule has 0 aromatic carbocycles. The summed E-state index contributed by atoms with van der Waals surface area (Å²) in [6, 6.07) is 1.66. The van der Waals surface area contributed by atoms with Crippen LogP contribution in [0.25, 0.3) is 0 Å². The topological polar surface area (TPSA) is 56.2 Å². The van der Waals surface area contributed by atoms with Crippen LogP contribution in [-0.4, -0.2) is 28.9 Å². The van der Waals surface area contributed by atoms with Crippen LogP contribution in [0.5, 0.6) is 0 Å². The van der Waals surface area contributed by atoms with Gasteiger partial charge in [0, 0.05) is 19.8 Å². The minimum absolute atomic E-state index is 0.207. The fourth-order valence-electron chi connectivity index (χ4n) is 1.67. The average molecular weight is 239 g/mol. The Labute approximate surface area is 102 Å². The van der Waals surface area contributed by atoms with Crippen molar-refractivity contribution in [2.75, 3.05) is 7.11 Å². The van der Waals surface area contributed by atoms with Crippen LogP contribution in [0.4, 0.5) is 0 Å². The maximum Gasteiger partial charge on any atom is 0.323 e. The first-order valence-corrected chi connectivity index (χ1v) is 5.88. The molecule has 0 bridgehead atoms. The molecule has 0 amide bonds. The monoisotopic (exact) mass is 239 g/mol. The summed E-state index contributed by atoms with van der Waals surface area (Å²) >= 11 is 0. The zero-order chi connectivity index (χ0) is 12.8. The summed E-state index contributed by atoms with van der Waals surface area (Å²) in [5, 5.41) is 7.31. The van der Waals surface area contributed by atoms with E-state index in [2.05, 4.69) is 17.3 Å². The Hall–Kier alpha value is -1.36. The number of ether oxygens (including phenoxy) is 1.